The second-order valence-electron chi connectivity index (χ2n) is 6.69. The average molecular weight is 353 g/mol. The number of carbonyl (C=O) groups excluding carboxylic acids is 2. The molecule has 0 amide bonds. The highest BCUT2D eigenvalue weighted by atomic mass is 16.5. The van der Waals surface area contributed by atoms with Crippen molar-refractivity contribution in [1.29, 1.82) is 0 Å². The first kappa shape index (κ1) is 18.0. The Morgan fingerprint density at radius 2 is 1.46 bits per heavy atom. The first-order valence-electron chi connectivity index (χ1n) is 8.47. The molecule has 0 unspecified atom stereocenters. The third-order valence-corrected chi connectivity index (χ3v) is 5.71. The van der Waals surface area contributed by atoms with Gasteiger partial charge < -0.3 is 14.4 Å². The number of esters is 2. The smallest absolute Gasteiger partial charge is 0.326 e. The van der Waals surface area contributed by atoms with Gasteiger partial charge in [0.2, 0.25) is 0 Å². The van der Waals surface area contributed by atoms with E-state index in [0.717, 1.165) is 16.8 Å². The number of para-hydroxylation sites is 1. The maximum Gasteiger partial charge on any atom is 0.326 e. The molecule has 5 heteroatoms. The number of ether oxygens (including phenoxy) is 2. The van der Waals surface area contributed by atoms with Gasteiger partial charge in [-0.15, -0.1) is 0 Å². The molecule has 136 valence electrons. The van der Waals surface area contributed by atoms with Gasteiger partial charge in [0, 0.05) is 19.2 Å². The zero-order valence-corrected chi connectivity index (χ0v) is 15.5. The standard InChI is InChI=1S/C21H23NO4/c1-20(16-11-6-5-7-12-16)21(18(23)25-3,19(24)26-4)14-15-10-8-9-13-17(15)22(20)2/h5-13H,14H2,1-4H3/t20-/m1/s1. The highest BCUT2D eigenvalue weighted by Gasteiger charge is 2.66. The molecule has 0 saturated carbocycles. The molecule has 5 nitrogen and oxygen atoms in total. The van der Waals surface area contributed by atoms with Crippen LogP contribution in [0.4, 0.5) is 5.69 Å². The molecule has 0 saturated heterocycles. The number of fused-ring (bicyclic) bond motifs is 1. The molecule has 1 atom stereocenters. The van der Waals surface area contributed by atoms with Crippen LogP contribution in [0, 0.1) is 5.41 Å². The quantitative estimate of drug-likeness (QED) is 0.627. The Hall–Kier alpha value is -2.82. The van der Waals surface area contributed by atoms with Crippen molar-refractivity contribution in [2.45, 2.75) is 18.9 Å². The van der Waals surface area contributed by atoms with Crippen molar-refractivity contribution in [3.05, 3.63) is 65.7 Å². The predicted octanol–water partition coefficient (Wildman–Crippen LogP) is 2.93. The Morgan fingerprint density at radius 3 is 2.04 bits per heavy atom. The molecule has 2 aromatic carbocycles. The second kappa shape index (κ2) is 6.48. The fraction of sp³-hybridized carbons (Fsp3) is 0.333. The molecule has 0 spiro atoms. The predicted molar refractivity (Wildman–Crippen MR) is 98.8 cm³/mol. The van der Waals surface area contributed by atoms with E-state index in [1.165, 1.54) is 14.2 Å². The van der Waals surface area contributed by atoms with Crippen LogP contribution in [0.5, 0.6) is 0 Å². The van der Waals surface area contributed by atoms with Gasteiger partial charge in [-0.1, -0.05) is 48.5 Å². The molecule has 26 heavy (non-hydrogen) atoms. The van der Waals surface area contributed by atoms with Gasteiger partial charge in [-0.3, -0.25) is 9.59 Å². The number of methoxy groups -OCH3 is 2. The summed E-state index contributed by atoms with van der Waals surface area (Å²) in [5.74, 6) is -1.20. The monoisotopic (exact) mass is 353 g/mol. The third-order valence-electron chi connectivity index (χ3n) is 5.71. The molecule has 1 aliphatic heterocycles. The number of hydrogen-bond acceptors (Lipinski definition) is 5. The lowest BCUT2D eigenvalue weighted by molar-refractivity contribution is -0.176. The van der Waals surface area contributed by atoms with E-state index in [9.17, 15) is 9.59 Å². The average Bonchev–Trinajstić information content (AvgIpc) is 2.70. The minimum atomic E-state index is -1.53. The van der Waals surface area contributed by atoms with Crippen molar-refractivity contribution >= 4 is 17.6 Å². The summed E-state index contributed by atoms with van der Waals surface area (Å²) in [6, 6.07) is 17.3. The molecule has 0 N–H and O–H groups in total. The van der Waals surface area contributed by atoms with Crippen LogP contribution in [0.25, 0.3) is 0 Å². The van der Waals surface area contributed by atoms with Gasteiger partial charge >= 0.3 is 11.9 Å². The summed E-state index contributed by atoms with van der Waals surface area (Å²) in [5.41, 5.74) is 0.207. The fourth-order valence-corrected chi connectivity index (χ4v) is 4.15. The summed E-state index contributed by atoms with van der Waals surface area (Å²) in [5, 5.41) is 0. The van der Waals surface area contributed by atoms with Crippen molar-refractivity contribution in [3.63, 3.8) is 0 Å². The zero-order chi connectivity index (χ0) is 18.9. The van der Waals surface area contributed by atoms with Crippen LogP contribution >= 0.6 is 0 Å². The number of hydrogen-bond donors (Lipinski definition) is 0. The van der Waals surface area contributed by atoms with Crippen molar-refractivity contribution in [3.8, 4) is 0 Å². The zero-order valence-electron chi connectivity index (χ0n) is 15.5. The van der Waals surface area contributed by atoms with E-state index in [0.29, 0.717) is 0 Å². The van der Waals surface area contributed by atoms with Crippen LogP contribution in [0.2, 0.25) is 0 Å². The van der Waals surface area contributed by atoms with Gasteiger partial charge in [-0.05, 0) is 24.1 Å². The van der Waals surface area contributed by atoms with E-state index < -0.39 is 22.9 Å². The van der Waals surface area contributed by atoms with Crippen molar-refractivity contribution < 1.29 is 19.1 Å². The van der Waals surface area contributed by atoms with Crippen LogP contribution < -0.4 is 4.90 Å². The Balaban J connectivity index is 2.38. The van der Waals surface area contributed by atoms with E-state index >= 15 is 0 Å². The molecule has 0 bridgehead atoms. The Bertz CT molecular complexity index is 817. The number of rotatable bonds is 3. The summed E-state index contributed by atoms with van der Waals surface area (Å²) in [6.07, 6.45) is 0.207. The molecule has 1 heterocycles. The molecule has 0 fully saturated rings. The molecule has 3 rings (SSSR count). The summed E-state index contributed by atoms with van der Waals surface area (Å²) in [6.45, 7) is 1.89. The molecule has 0 radical (unpaired) electrons. The Morgan fingerprint density at radius 1 is 0.923 bits per heavy atom. The van der Waals surface area contributed by atoms with E-state index in [4.69, 9.17) is 9.47 Å². The summed E-state index contributed by atoms with van der Waals surface area (Å²) < 4.78 is 10.3. The molecule has 0 aliphatic carbocycles. The lowest BCUT2D eigenvalue weighted by Gasteiger charge is -2.54. The van der Waals surface area contributed by atoms with Gasteiger partial charge in [-0.2, -0.15) is 0 Å². The molecule has 2 aromatic rings. The second-order valence-corrected chi connectivity index (χ2v) is 6.69. The highest BCUT2D eigenvalue weighted by Crippen LogP contribution is 2.54. The Labute approximate surface area is 153 Å². The lowest BCUT2D eigenvalue weighted by Crippen LogP contribution is -2.65. The largest absolute Gasteiger partial charge is 0.468 e. The fourth-order valence-electron chi connectivity index (χ4n) is 4.15. The third kappa shape index (κ3) is 2.23. The van der Waals surface area contributed by atoms with Gasteiger partial charge in [0.05, 0.1) is 19.8 Å². The minimum Gasteiger partial charge on any atom is -0.468 e. The van der Waals surface area contributed by atoms with E-state index in [1.54, 1.807) is 0 Å². The molecular formula is C21H23NO4. The summed E-state index contributed by atoms with van der Waals surface area (Å²) in [7, 11) is 4.50. The lowest BCUT2D eigenvalue weighted by atomic mass is 9.60. The van der Waals surface area contributed by atoms with Crippen LogP contribution in [-0.4, -0.2) is 33.2 Å². The minimum absolute atomic E-state index is 0.207. The Kier molecular flexibility index (Phi) is 4.48. The van der Waals surface area contributed by atoms with E-state index in [-0.39, 0.29) is 6.42 Å². The van der Waals surface area contributed by atoms with Crippen LogP contribution in [0.15, 0.2) is 54.6 Å². The summed E-state index contributed by atoms with van der Waals surface area (Å²) >= 11 is 0. The number of anilines is 1. The molecular weight excluding hydrogens is 330 g/mol. The molecule has 1 aliphatic rings. The van der Waals surface area contributed by atoms with E-state index in [2.05, 4.69) is 0 Å². The molecule has 0 aromatic heterocycles. The number of benzene rings is 2. The first-order chi connectivity index (χ1) is 12.4. The van der Waals surface area contributed by atoms with Crippen LogP contribution in [-0.2, 0) is 31.0 Å². The van der Waals surface area contributed by atoms with Gasteiger partial charge in [0.15, 0.2) is 5.41 Å². The maximum absolute atomic E-state index is 13.1. The van der Waals surface area contributed by atoms with Crippen molar-refractivity contribution in [1.82, 2.24) is 0 Å². The van der Waals surface area contributed by atoms with Gasteiger partial charge in [-0.25, -0.2) is 0 Å². The first-order valence-corrected chi connectivity index (χ1v) is 8.47. The summed E-state index contributed by atoms with van der Waals surface area (Å²) in [4.78, 5) is 28.1. The number of carbonyl (C=O) groups is 2. The highest BCUT2D eigenvalue weighted by molar-refractivity contribution is 6.04. The van der Waals surface area contributed by atoms with Crippen molar-refractivity contribution in [2.24, 2.45) is 5.41 Å². The van der Waals surface area contributed by atoms with Gasteiger partial charge in [0.25, 0.3) is 0 Å². The van der Waals surface area contributed by atoms with E-state index in [1.807, 2.05) is 73.5 Å². The van der Waals surface area contributed by atoms with Crippen LogP contribution in [0.3, 0.4) is 0 Å². The van der Waals surface area contributed by atoms with Crippen molar-refractivity contribution in [2.75, 3.05) is 26.2 Å². The SMILES string of the molecule is COC(=O)C1(C(=O)OC)Cc2ccccc2N(C)[C@]1(C)c1ccccc1. The van der Waals surface area contributed by atoms with Gasteiger partial charge in [0.1, 0.15) is 0 Å². The maximum atomic E-state index is 13.1. The number of nitrogens with zero attached hydrogens (tertiary/aromatic N) is 1. The van der Waals surface area contributed by atoms with Crippen LogP contribution in [0.1, 0.15) is 18.1 Å². The topological polar surface area (TPSA) is 55.8 Å². The normalized spacial score (nSPS) is 20.8.